The van der Waals surface area contributed by atoms with Crippen LogP contribution in [0.15, 0.2) is 12.2 Å². The van der Waals surface area contributed by atoms with Crippen molar-refractivity contribution < 1.29 is 14.3 Å². The normalized spacial score (nSPS) is 19.0. The van der Waals surface area contributed by atoms with Gasteiger partial charge in [0, 0.05) is 17.8 Å². The van der Waals surface area contributed by atoms with Gasteiger partial charge in [0.15, 0.2) is 5.11 Å². The third-order valence-corrected chi connectivity index (χ3v) is 5.57. The largest absolute Gasteiger partial charge is 0.462 e. The first-order valence-corrected chi connectivity index (χ1v) is 9.67. The molecule has 0 radical (unpaired) electrons. The molecular weight excluding hydrogens is 356 g/mol. The summed E-state index contributed by atoms with van der Waals surface area (Å²) < 4.78 is 11.3. The molecule has 25 heavy (non-hydrogen) atoms. The molecule has 0 fully saturated rings. The maximum absolute atomic E-state index is 12.6. The van der Waals surface area contributed by atoms with Crippen molar-refractivity contribution in [3.8, 4) is 0 Å². The molecule has 0 amide bonds. The maximum Gasteiger partial charge on any atom is 0.341 e. The van der Waals surface area contributed by atoms with Crippen LogP contribution in [0.5, 0.6) is 0 Å². The van der Waals surface area contributed by atoms with Crippen molar-refractivity contribution >= 4 is 39.6 Å². The third-order valence-electron chi connectivity index (χ3n) is 4.20. The molecule has 1 aliphatic rings. The van der Waals surface area contributed by atoms with Gasteiger partial charge in [0.25, 0.3) is 0 Å². The van der Waals surface area contributed by atoms with Crippen molar-refractivity contribution in [3.05, 3.63) is 28.2 Å². The lowest BCUT2D eigenvalue weighted by molar-refractivity contribution is -0.0548. The molecule has 1 aliphatic heterocycles. The van der Waals surface area contributed by atoms with E-state index in [-0.39, 0.29) is 11.6 Å². The highest BCUT2D eigenvalue weighted by atomic mass is 32.1. The number of carbonyl (C=O) groups excluding carboxylic acids is 1. The van der Waals surface area contributed by atoms with E-state index in [9.17, 15) is 4.79 Å². The molecule has 0 aromatic carbocycles. The van der Waals surface area contributed by atoms with Gasteiger partial charge in [0.05, 0.1) is 24.4 Å². The van der Waals surface area contributed by atoms with Gasteiger partial charge in [-0.25, -0.2) is 4.79 Å². The lowest BCUT2D eigenvalue weighted by Crippen LogP contribution is -2.34. The maximum atomic E-state index is 12.6. The molecule has 7 heteroatoms. The molecule has 1 aromatic heterocycles. The number of carbonyl (C=O) groups is 1. The van der Waals surface area contributed by atoms with E-state index in [4.69, 9.17) is 21.7 Å². The van der Waals surface area contributed by atoms with Gasteiger partial charge in [-0.1, -0.05) is 19.1 Å². The Morgan fingerprint density at radius 1 is 1.48 bits per heavy atom. The van der Waals surface area contributed by atoms with E-state index in [2.05, 4.69) is 31.1 Å². The molecule has 5 nitrogen and oxygen atoms in total. The van der Waals surface area contributed by atoms with Crippen LogP contribution in [0.2, 0.25) is 0 Å². The van der Waals surface area contributed by atoms with Crippen LogP contribution in [-0.4, -0.2) is 29.8 Å². The molecule has 0 aliphatic carbocycles. The lowest BCUT2D eigenvalue weighted by atomic mass is 9.89. The second-order valence-electron chi connectivity index (χ2n) is 6.46. The highest BCUT2D eigenvalue weighted by Gasteiger charge is 2.35. The summed E-state index contributed by atoms with van der Waals surface area (Å²) in [5.41, 5.74) is 2.33. The van der Waals surface area contributed by atoms with Crippen LogP contribution in [0.4, 0.5) is 5.00 Å². The molecule has 1 aromatic rings. The Labute approximate surface area is 158 Å². The van der Waals surface area contributed by atoms with Crippen molar-refractivity contribution in [2.24, 2.45) is 0 Å². The number of fused-ring (bicyclic) bond motifs is 1. The monoisotopic (exact) mass is 382 g/mol. The smallest absolute Gasteiger partial charge is 0.341 e. The number of rotatable bonds is 6. The van der Waals surface area contributed by atoms with Crippen LogP contribution in [0.1, 0.15) is 54.9 Å². The summed E-state index contributed by atoms with van der Waals surface area (Å²) in [5.74, 6) is -0.314. The predicted octanol–water partition coefficient (Wildman–Crippen LogP) is 4.03. The van der Waals surface area contributed by atoms with E-state index in [0.717, 1.165) is 22.4 Å². The predicted molar refractivity (Wildman–Crippen MR) is 107 cm³/mol. The van der Waals surface area contributed by atoms with Crippen molar-refractivity contribution in [3.63, 3.8) is 0 Å². The van der Waals surface area contributed by atoms with Gasteiger partial charge < -0.3 is 20.1 Å². The fraction of sp³-hybridized carbons (Fsp3) is 0.556. The average molecular weight is 383 g/mol. The Morgan fingerprint density at radius 2 is 2.20 bits per heavy atom. The number of anilines is 1. The van der Waals surface area contributed by atoms with Crippen LogP contribution in [0, 0.1) is 0 Å². The molecule has 1 atom stereocenters. The zero-order valence-corrected chi connectivity index (χ0v) is 16.9. The highest BCUT2D eigenvalue weighted by Crippen LogP contribution is 2.41. The quantitative estimate of drug-likeness (QED) is 0.440. The molecule has 0 bridgehead atoms. The summed E-state index contributed by atoms with van der Waals surface area (Å²) in [7, 11) is 0. The first kappa shape index (κ1) is 19.9. The standard InChI is InChI=1S/C18H26N2O3S2/c1-6-18(5)8-12-13(10-23-18)25-15(14(12)16(21)22-7-2)20-17(24)19-9-11(3)4/h3,6-10H2,1-2,4-5H3,(H2,19,20,24). The Kier molecular flexibility index (Phi) is 6.59. The molecule has 0 saturated carbocycles. The summed E-state index contributed by atoms with van der Waals surface area (Å²) in [6.45, 7) is 13.2. The Morgan fingerprint density at radius 3 is 2.80 bits per heavy atom. The van der Waals surface area contributed by atoms with Crippen LogP contribution < -0.4 is 10.6 Å². The number of hydrogen-bond donors (Lipinski definition) is 2. The first-order chi connectivity index (χ1) is 11.8. The molecular formula is C18H26N2O3S2. The van der Waals surface area contributed by atoms with Crippen molar-refractivity contribution in [1.82, 2.24) is 5.32 Å². The van der Waals surface area contributed by atoms with Crippen molar-refractivity contribution in [2.45, 2.75) is 52.7 Å². The second-order valence-corrected chi connectivity index (χ2v) is 7.98. The van der Waals surface area contributed by atoms with Crippen molar-refractivity contribution in [2.75, 3.05) is 18.5 Å². The Balaban J connectivity index is 2.32. The minimum absolute atomic E-state index is 0.259. The van der Waals surface area contributed by atoms with E-state index in [1.807, 2.05) is 13.8 Å². The topological polar surface area (TPSA) is 59.6 Å². The minimum Gasteiger partial charge on any atom is -0.462 e. The molecule has 138 valence electrons. The summed E-state index contributed by atoms with van der Waals surface area (Å²) in [6, 6.07) is 0. The summed E-state index contributed by atoms with van der Waals surface area (Å²) in [4.78, 5) is 13.6. The number of thiocarbonyl (C=S) groups is 1. The summed E-state index contributed by atoms with van der Waals surface area (Å²) in [5, 5.41) is 7.41. The van der Waals surface area contributed by atoms with E-state index >= 15 is 0 Å². The fourth-order valence-electron chi connectivity index (χ4n) is 2.59. The molecule has 2 N–H and O–H groups in total. The highest BCUT2D eigenvalue weighted by molar-refractivity contribution is 7.80. The van der Waals surface area contributed by atoms with Gasteiger partial charge in [-0.05, 0) is 45.0 Å². The molecule has 2 rings (SSSR count). The molecule has 2 heterocycles. The Bertz CT molecular complexity index is 684. The number of thiophene rings is 1. The van der Waals surface area contributed by atoms with Crippen molar-refractivity contribution in [1.29, 1.82) is 0 Å². The zero-order valence-electron chi connectivity index (χ0n) is 15.3. The second kappa shape index (κ2) is 8.29. The van der Waals surface area contributed by atoms with Gasteiger partial charge >= 0.3 is 5.97 Å². The van der Waals surface area contributed by atoms with Crippen LogP contribution in [-0.2, 0) is 22.5 Å². The van der Waals surface area contributed by atoms with Gasteiger partial charge in [0.1, 0.15) is 5.00 Å². The number of esters is 1. The molecule has 0 spiro atoms. The third kappa shape index (κ3) is 4.80. The minimum atomic E-state index is -0.314. The van der Waals surface area contributed by atoms with E-state index in [1.54, 1.807) is 0 Å². The molecule has 1 unspecified atom stereocenters. The van der Waals surface area contributed by atoms with Gasteiger partial charge in [0.2, 0.25) is 0 Å². The van der Waals surface area contributed by atoms with E-state index in [1.165, 1.54) is 11.3 Å². The SMILES string of the molecule is C=C(C)CNC(=S)Nc1sc2c(c1C(=O)OCC)CC(C)(CC)OC2. The fourth-order valence-corrected chi connectivity index (χ4v) is 3.96. The van der Waals surface area contributed by atoms with Crippen LogP contribution >= 0.6 is 23.6 Å². The Hall–Kier alpha value is -1.44. The zero-order chi connectivity index (χ0) is 18.6. The van der Waals surface area contributed by atoms with E-state index < -0.39 is 0 Å². The van der Waals surface area contributed by atoms with Gasteiger partial charge in [-0.15, -0.1) is 11.3 Å². The number of nitrogens with one attached hydrogen (secondary N) is 2. The van der Waals surface area contributed by atoms with Crippen LogP contribution in [0.25, 0.3) is 0 Å². The lowest BCUT2D eigenvalue weighted by Gasteiger charge is -2.33. The number of ether oxygens (including phenoxy) is 2. The first-order valence-electron chi connectivity index (χ1n) is 8.44. The van der Waals surface area contributed by atoms with Crippen LogP contribution in [0.3, 0.4) is 0 Å². The summed E-state index contributed by atoms with van der Waals surface area (Å²) in [6.07, 6.45) is 1.57. The van der Waals surface area contributed by atoms with E-state index in [0.29, 0.717) is 41.9 Å². The molecule has 0 saturated heterocycles. The summed E-state index contributed by atoms with van der Waals surface area (Å²) >= 11 is 6.84. The van der Waals surface area contributed by atoms with Gasteiger partial charge in [-0.3, -0.25) is 0 Å². The van der Waals surface area contributed by atoms with Gasteiger partial charge in [-0.2, -0.15) is 0 Å². The average Bonchev–Trinajstić information content (AvgIpc) is 2.90. The number of hydrogen-bond acceptors (Lipinski definition) is 5.